The van der Waals surface area contributed by atoms with Crippen LogP contribution in [0, 0.1) is 6.07 Å². The van der Waals surface area contributed by atoms with Crippen LogP contribution in [0.3, 0.4) is 0 Å². The second kappa shape index (κ2) is 17.6. The predicted octanol–water partition coefficient (Wildman–Crippen LogP) is 4.61. The fourth-order valence-electron chi connectivity index (χ4n) is 5.39. The van der Waals surface area contributed by atoms with E-state index in [-0.39, 0.29) is 24.8 Å². The summed E-state index contributed by atoms with van der Waals surface area (Å²) in [7, 11) is 0. The summed E-state index contributed by atoms with van der Waals surface area (Å²) in [6.07, 6.45) is 0.981. The molecule has 0 spiro atoms. The molecule has 0 aliphatic heterocycles. The Morgan fingerprint density at radius 1 is 0.500 bits per heavy atom. The molecule has 1 aliphatic rings. The van der Waals surface area contributed by atoms with Gasteiger partial charge in [-0.05, 0) is 17.5 Å². The molecule has 1 aliphatic carbocycles. The van der Waals surface area contributed by atoms with Gasteiger partial charge in [0, 0.05) is 0 Å². The summed E-state index contributed by atoms with van der Waals surface area (Å²) in [6, 6.07) is 67.1. The minimum atomic E-state index is 0. The molecule has 0 saturated heterocycles. The van der Waals surface area contributed by atoms with Gasteiger partial charge in [-0.25, -0.2) is 12.1 Å². The summed E-state index contributed by atoms with van der Waals surface area (Å²) < 4.78 is 1.42. The average Bonchev–Trinajstić information content (AvgIpc) is 3.82. The Hall–Kier alpha value is -4.00. The maximum atomic E-state index is 3.52. The van der Waals surface area contributed by atoms with E-state index < -0.39 is 0 Å². The Morgan fingerprint density at radius 2 is 0.978 bits per heavy atom. The van der Waals surface area contributed by atoms with Crippen molar-refractivity contribution in [2.24, 2.45) is 0 Å². The van der Waals surface area contributed by atoms with Crippen LogP contribution in [0.4, 0.5) is 0 Å². The minimum Gasteiger partial charge on any atom is -0.214 e. The summed E-state index contributed by atoms with van der Waals surface area (Å²) in [5.41, 5.74) is 13.1. The van der Waals surface area contributed by atoms with Crippen molar-refractivity contribution in [1.29, 1.82) is 0 Å². The Bertz CT molecular complexity index is 1770. The molecule has 224 valence electrons. The molecule has 0 fully saturated rings. The number of benzene rings is 6. The van der Waals surface area contributed by atoms with E-state index in [4.69, 9.17) is 0 Å². The Balaban J connectivity index is 0.000000193. The maximum Gasteiger partial charge on any atom is -0.0184 e. The van der Waals surface area contributed by atoms with E-state index in [0.717, 1.165) is 6.42 Å². The van der Waals surface area contributed by atoms with Gasteiger partial charge in [0.25, 0.3) is 0 Å². The molecule has 46 heavy (non-hydrogen) atoms. The third-order valence-corrected chi connectivity index (χ3v) is 9.11. The minimum absolute atomic E-state index is 0. The molecule has 3 heteroatoms. The zero-order valence-corrected chi connectivity index (χ0v) is 29.3. The van der Waals surface area contributed by atoms with E-state index in [1.54, 1.807) is 0 Å². The summed E-state index contributed by atoms with van der Waals surface area (Å²) in [5, 5.41) is 0. The fourth-order valence-corrected chi connectivity index (χ4v) is 6.21. The standard InChI is InChI=1S/C25H17.C13H10.C5H5.2ClH.Zr/c1-3-7-18(8-4-1)20-11-13-22-15-23-14-12-21(17-25(23)24(22)16-20)19-9-5-2-6-10-19;1-3-7-12(8-4-1)11-13-9-5-2-6-10-13;1-2-4-5-3-1;;;/h1-13,16-17H,15H2;1-10H;1-5H;2*1H;/q-1;;-1;;;+2/p-2. The molecule has 0 radical (unpaired) electrons. The number of halogens is 2. The topological polar surface area (TPSA) is 0 Å². The normalized spacial score (nSPS) is 10.3. The van der Waals surface area contributed by atoms with E-state index in [0.29, 0.717) is 0 Å². The first-order chi connectivity index (χ1) is 21.8. The molecule has 0 unspecified atom stereocenters. The maximum absolute atomic E-state index is 3.52. The van der Waals surface area contributed by atoms with E-state index >= 15 is 0 Å². The monoisotopic (exact) mass is 708 g/mol. The smallest absolute Gasteiger partial charge is 0.0184 e. The quantitative estimate of drug-likeness (QED) is 0.235. The molecular weight excluding hydrogens is 679 g/mol. The van der Waals surface area contributed by atoms with Crippen molar-refractivity contribution < 1.29 is 49.0 Å². The molecule has 0 amide bonds. The molecule has 0 aromatic heterocycles. The van der Waals surface area contributed by atoms with E-state index in [9.17, 15) is 0 Å². The summed E-state index contributed by atoms with van der Waals surface area (Å²) in [5.74, 6) is 0. The fraction of sp³-hybridized carbons (Fsp3) is 0.0233. The van der Waals surface area contributed by atoms with Crippen molar-refractivity contribution in [3.63, 3.8) is 0 Å². The Labute approximate surface area is 300 Å². The third-order valence-electron chi connectivity index (χ3n) is 7.69. The van der Waals surface area contributed by atoms with Gasteiger partial charge in [0.15, 0.2) is 0 Å². The van der Waals surface area contributed by atoms with Crippen LogP contribution in [-0.2, 0) is 30.7 Å². The van der Waals surface area contributed by atoms with Gasteiger partial charge in [0.2, 0.25) is 0 Å². The Morgan fingerprint density at radius 3 is 1.48 bits per heavy atom. The van der Waals surface area contributed by atoms with Crippen molar-refractivity contribution in [2.75, 3.05) is 0 Å². The second-order valence-corrected chi connectivity index (χ2v) is 11.9. The number of hydrogen-bond donors (Lipinski definition) is 0. The first kappa shape index (κ1) is 34.9. The number of rotatable bonds is 4. The van der Waals surface area contributed by atoms with Crippen molar-refractivity contribution in [3.8, 4) is 33.4 Å². The van der Waals surface area contributed by atoms with Gasteiger partial charge in [-0.1, -0.05) is 95.6 Å². The van der Waals surface area contributed by atoms with Crippen molar-refractivity contribution >= 4 is 3.21 Å². The van der Waals surface area contributed by atoms with Gasteiger partial charge in [-0.15, -0.1) is 11.1 Å². The van der Waals surface area contributed by atoms with Gasteiger partial charge in [0.1, 0.15) is 0 Å². The van der Waals surface area contributed by atoms with Crippen LogP contribution in [0.1, 0.15) is 22.3 Å². The summed E-state index contributed by atoms with van der Waals surface area (Å²) >= 11 is 1.46. The SMILES string of the molecule is [Cl-].[Cl-].[Zr+2]=[C](c1ccccc1)c1ccccc1.[c-]1cc(-c2ccccc2)cc2c1Cc1ccc(-c3ccccc3)cc1-2.c1cc[cH-]c1. The summed E-state index contributed by atoms with van der Waals surface area (Å²) in [6.45, 7) is 0. The predicted molar refractivity (Wildman–Crippen MR) is 183 cm³/mol. The van der Waals surface area contributed by atoms with E-state index in [1.165, 1.54) is 83.1 Å². The van der Waals surface area contributed by atoms with Crippen molar-refractivity contribution in [3.05, 3.63) is 210 Å². The van der Waals surface area contributed by atoms with Crippen LogP contribution < -0.4 is 24.8 Å². The van der Waals surface area contributed by atoms with Crippen LogP contribution in [-0.4, -0.2) is 3.21 Å². The van der Waals surface area contributed by atoms with Gasteiger partial charge in [-0.2, -0.15) is 42.0 Å². The van der Waals surface area contributed by atoms with E-state index in [2.05, 4.69) is 158 Å². The molecule has 0 atom stereocenters. The zero-order chi connectivity index (χ0) is 30.0. The average molecular weight is 711 g/mol. The first-order valence-electron chi connectivity index (χ1n) is 14.9. The molecule has 0 nitrogen and oxygen atoms in total. The molecular formula is C43H32Cl2Zr-2. The molecule has 0 bridgehead atoms. The molecule has 0 saturated carbocycles. The molecule has 7 aromatic rings. The number of fused-ring (bicyclic) bond motifs is 3. The van der Waals surface area contributed by atoms with Crippen LogP contribution in [0.15, 0.2) is 182 Å². The largest absolute Gasteiger partial charge is 0.214 e. The van der Waals surface area contributed by atoms with Gasteiger partial charge < -0.3 is 24.8 Å². The third kappa shape index (κ3) is 8.83. The first-order valence-corrected chi connectivity index (χ1v) is 16.1. The molecule has 8 rings (SSSR count). The van der Waals surface area contributed by atoms with Crippen molar-refractivity contribution in [2.45, 2.75) is 6.42 Å². The Kier molecular flexibility index (Phi) is 13.4. The van der Waals surface area contributed by atoms with Crippen LogP contribution >= 0.6 is 0 Å². The van der Waals surface area contributed by atoms with Gasteiger partial charge >= 0.3 is 99.2 Å². The van der Waals surface area contributed by atoms with Crippen LogP contribution in [0.25, 0.3) is 33.4 Å². The van der Waals surface area contributed by atoms with E-state index in [1.807, 2.05) is 30.3 Å². The zero-order valence-electron chi connectivity index (χ0n) is 25.3. The molecule has 7 aromatic carbocycles. The van der Waals surface area contributed by atoms with Crippen molar-refractivity contribution in [1.82, 2.24) is 0 Å². The molecule has 0 heterocycles. The second-order valence-electron chi connectivity index (χ2n) is 10.6. The number of hydrogen-bond acceptors (Lipinski definition) is 0. The van der Waals surface area contributed by atoms with Crippen LogP contribution in [0.2, 0.25) is 0 Å². The molecule has 0 N–H and O–H groups in total. The van der Waals surface area contributed by atoms with Gasteiger partial charge in [0.05, 0.1) is 0 Å². The van der Waals surface area contributed by atoms with Crippen LogP contribution in [0.5, 0.6) is 0 Å². The van der Waals surface area contributed by atoms with Gasteiger partial charge in [-0.3, -0.25) is 0 Å². The summed E-state index contributed by atoms with van der Waals surface area (Å²) in [4.78, 5) is 0.